The number of hydrogen-bond donors (Lipinski definition) is 1. The third-order valence-corrected chi connectivity index (χ3v) is 6.49. The lowest BCUT2D eigenvalue weighted by Crippen LogP contribution is -2.62. The van der Waals surface area contributed by atoms with Crippen LogP contribution in [0, 0.1) is 5.92 Å². The molecular formula is C23H32N4O4. The highest BCUT2D eigenvalue weighted by Gasteiger charge is 2.42. The van der Waals surface area contributed by atoms with Crippen molar-refractivity contribution in [3.63, 3.8) is 0 Å². The number of benzene rings is 1. The molecule has 3 aliphatic rings. The molecule has 8 heteroatoms. The number of morpholine rings is 1. The van der Waals surface area contributed by atoms with Gasteiger partial charge in [-0.25, -0.2) is 0 Å². The summed E-state index contributed by atoms with van der Waals surface area (Å²) in [6.07, 6.45) is 2.38. The van der Waals surface area contributed by atoms with Gasteiger partial charge in [-0.05, 0) is 18.1 Å². The van der Waals surface area contributed by atoms with Crippen molar-refractivity contribution < 1.29 is 19.1 Å². The fraction of sp³-hybridized carbons (Fsp3) is 0.565. The van der Waals surface area contributed by atoms with E-state index >= 15 is 0 Å². The first-order valence-electron chi connectivity index (χ1n) is 11.0. The molecule has 2 saturated heterocycles. The zero-order chi connectivity index (χ0) is 21.8. The Morgan fingerprint density at radius 3 is 2.81 bits per heavy atom. The number of ether oxygens (including phenoxy) is 2. The predicted molar refractivity (Wildman–Crippen MR) is 118 cm³/mol. The Labute approximate surface area is 183 Å². The highest BCUT2D eigenvalue weighted by molar-refractivity contribution is 5.82. The van der Waals surface area contributed by atoms with Gasteiger partial charge in [0, 0.05) is 51.0 Å². The quantitative estimate of drug-likeness (QED) is 0.666. The lowest BCUT2D eigenvalue weighted by atomic mass is 9.83. The first-order chi connectivity index (χ1) is 15.1. The van der Waals surface area contributed by atoms with Crippen LogP contribution >= 0.6 is 0 Å². The van der Waals surface area contributed by atoms with E-state index in [1.54, 1.807) is 13.2 Å². The smallest absolute Gasteiger partial charge is 0.236 e. The molecule has 2 fully saturated rings. The first kappa shape index (κ1) is 21.6. The van der Waals surface area contributed by atoms with E-state index in [-0.39, 0.29) is 23.8 Å². The molecule has 0 aliphatic carbocycles. The molecular weight excluding hydrogens is 396 g/mol. The van der Waals surface area contributed by atoms with Gasteiger partial charge in [0.05, 0.1) is 38.8 Å². The third-order valence-electron chi connectivity index (χ3n) is 6.49. The van der Waals surface area contributed by atoms with Gasteiger partial charge < -0.3 is 24.6 Å². The van der Waals surface area contributed by atoms with Crippen molar-refractivity contribution in [2.24, 2.45) is 5.92 Å². The van der Waals surface area contributed by atoms with E-state index in [1.807, 2.05) is 11.0 Å². The van der Waals surface area contributed by atoms with Gasteiger partial charge in [-0.15, -0.1) is 6.58 Å². The average Bonchev–Trinajstić information content (AvgIpc) is 2.82. The molecule has 3 heterocycles. The normalized spacial score (nSPS) is 23.5. The molecule has 31 heavy (non-hydrogen) atoms. The van der Waals surface area contributed by atoms with E-state index in [0.717, 1.165) is 30.1 Å². The Morgan fingerprint density at radius 2 is 2.06 bits per heavy atom. The van der Waals surface area contributed by atoms with Crippen LogP contribution in [-0.2, 0) is 20.7 Å². The van der Waals surface area contributed by atoms with Crippen LogP contribution in [0.1, 0.15) is 5.56 Å². The van der Waals surface area contributed by atoms with Gasteiger partial charge in [0.2, 0.25) is 11.8 Å². The van der Waals surface area contributed by atoms with Crippen molar-refractivity contribution in [3.8, 4) is 5.75 Å². The zero-order valence-electron chi connectivity index (χ0n) is 18.2. The summed E-state index contributed by atoms with van der Waals surface area (Å²) >= 11 is 0. The maximum Gasteiger partial charge on any atom is 0.236 e. The van der Waals surface area contributed by atoms with Crippen LogP contribution in [0.15, 0.2) is 30.9 Å². The lowest BCUT2D eigenvalue weighted by Gasteiger charge is -2.49. The Bertz CT molecular complexity index is 824. The summed E-state index contributed by atoms with van der Waals surface area (Å²) in [5.74, 6) is 0.819. The van der Waals surface area contributed by atoms with Crippen LogP contribution in [-0.4, -0.2) is 93.8 Å². The summed E-state index contributed by atoms with van der Waals surface area (Å²) in [6, 6.07) is 6.09. The Balaban J connectivity index is 1.52. The SMILES string of the molecule is C=CCNC(=O)[C@H]1Cc2ccc(OC)cc2N2CCN(CC(=O)N3CCOCC3)C[C@@H]12. The van der Waals surface area contributed by atoms with Crippen LogP contribution < -0.4 is 15.0 Å². The molecule has 1 aromatic carbocycles. The number of nitrogens with one attached hydrogen (secondary N) is 1. The number of rotatable bonds is 6. The van der Waals surface area contributed by atoms with Crippen molar-refractivity contribution in [1.29, 1.82) is 0 Å². The van der Waals surface area contributed by atoms with Crippen molar-refractivity contribution >= 4 is 17.5 Å². The van der Waals surface area contributed by atoms with Crippen molar-refractivity contribution in [1.82, 2.24) is 15.1 Å². The molecule has 1 aromatic rings. The summed E-state index contributed by atoms with van der Waals surface area (Å²) in [7, 11) is 1.67. The van der Waals surface area contributed by atoms with Crippen LogP contribution in [0.25, 0.3) is 0 Å². The number of hydrogen-bond acceptors (Lipinski definition) is 6. The van der Waals surface area contributed by atoms with E-state index < -0.39 is 0 Å². The summed E-state index contributed by atoms with van der Waals surface area (Å²) in [5.41, 5.74) is 2.30. The fourth-order valence-electron chi connectivity index (χ4n) is 4.82. The second-order valence-electron chi connectivity index (χ2n) is 8.33. The topological polar surface area (TPSA) is 74.4 Å². The molecule has 2 atom stereocenters. The molecule has 0 spiro atoms. The molecule has 3 aliphatic heterocycles. The Morgan fingerprint density at radius 1 is 1.26 bits per heavy atom. The van der Waals surface area contributed by atoms with E-state index in [2.05, 4.69) is 33.8 Å². The van der Waals surface area contributed by atoms with Gasteiger partial charge in [0.15, 0.2) is 0 Å². The molecule has 2 amide bonds. The molecule has 0 saturated carbocycles. The van der Waals surface area contributed by atoms with Crippen LogP contribution in [0.3, 0.4) is 0 Å². The maximum atomic E-state index is 13.0. The van der Waals surface area contributed by atoms with Gasteiger partial charge in [-0.1, -0.05) is 12.1 Å². The summed E-state index contributed by atoms with van der Waals surface area (Å²) < 4.78 is 10.8. The highest BCUT2D eigenvalue weighted by Crippen LogP contribution is 2.38. The van der Waals surface area contributed by atoms with E-state index in [0.29, 0.717) is 52.4 Å². The molecule has 0 unspecified atom stereocenters. The second-order valence-corrected chi connectivity index (χ2v) is 8.33. The number of piperazine rings is 1. The zero-order valence-corrected chi connectivity index (χ0v) is 18.2. The molecule has 8 nitrogen and oxygen atoms in total. The van der Waals surface area contributed by atoms with Crippen LogP contribution in [0.2, 0.25) is 0 Å². The first-order valence-corrected chi connectivity index (χ1v) is 11.0. The van der Waals surface area contributed by atoms with Crippen LogP contribution in [0.5, 0.6) is 5.75 Å². The van der Waals surface area contributed by atoms with Gasteiger partial charge in [0.1, 0.15) is 5.75 Å². The minimum Gasteiger partial charge on any atom is -0.497 e. The average molecular weight is 429 g/mol. The predicted octanol–water partition coefficient (Wildman–Crippen LogP) is 0.519. The standard InChI is InChI=1S/C23H32N4O4/c1-3-6-24-23(29)19-13-17-4-5-18(30-2)14-20(17)27-8-7-25(15-21(19)27)16-22(28)26-9-11-31-12-10-26/h3-5,14,19,21H,1,6-13,15-16H2,2H3,(H,24,29)/t19-,21-/m0/s1. The van der Waals surface area contributed by atoms with Crippen molar-refractivity contribution in [3.05, 3.63) is 36.4 Å². The number of carbonyl (C=O) groups excluding carboxylic acids is 2. The Hall–Kier alpha value is -2.58. The van der Waals surface area contributed by atoms with Crippen LogP contribution in [0.4, 0.5) is 5.69 Å². The Kier molecular flexibility index (Phi) is 6.77. The van der Waals surface area contributed by atoms with E-state index in [1.165, 1.54) is 0 Å². The lowest BCUT2D eigenvalue weighted by molar-refractivity contribution is -0.136. The second kappa shape index (κ2) is 9.70. The molecule has 0 radical (unpaired) electrons. The number of carbonyl (C=O) groups is 2. The van der Waals surface area contributed by atoms with E-state index in [9.17, 15) is 9.59 Å². The van der Waals surface area contributed by atoms with Crippen molar-refractivity contribution in [2.75, 3.05) is 71.0 Å². The molecule has 168 valence electrons. The highest BCUT2D eigenvalue weighted by atomic mass is 16.5. The van der Waals surface area contributed by atoms with E-state index in [4.69, 9.17) is 9.47 Å². The summed E-state index contributed by atoms with van der Waals surface area (Å²) in [4.78, 5) is 32.2. The molecule has 0 aromatic heterocycles. The number of amides is 2. The molecule has 4 rings (SSSR count). The summed E-state index contributed by atoms with van der Waals surface area (Å²) in [5, 5.41) is 2.98. The number of nitrogens with zero attached hydrogens (tertiary/aromatic N) is 3. The minimum absolute atomic E-state index is 0.00987. The van der Waals surface area contributed by atoms with Gasteiger partial charge in [0.25, 0.3) is 0 Å². The van der Waals surface area contributed by atoms with Gasteiger partial charge in [-0.3, -0.25) is 14.5 Å². The molecule has 1 N–H and O–H groups in total. The number of methoxy groups -OCH3 is 1. The number of anilines is 1. The maximum absolute atomic E-state index is 13.0. The minimum atomic E-state index is -0.179. The van der Waals surface area contributed by atoms with Gasteiger partial charge in [-0.2, -0.15) is 0 Å². The molecule has 0 bridgehead atoms. The summed E-state index contributed by atoms with van der Waals surface area (Å²) in [6.45, 7) is 9.29. The fourth-order valence-corrected chi connectivity index (χ4v) is 4.82. The number of fused-ring (bicyclic) bond motifs is 3. The monoisotopic (exact) mass is 428 g/mol. The third kappa shape index (κ3) is 4.70. The van der Waals surface area contributed by atoms with Crippen molar-refractivity contribution in [2.45, 2.75) is 12.5 Å². The largest absolute Gasteiger partial charge is 0.497 e. The van der Waals surface area contributed by atoms with Gasteiger partial charge >= 0.3 is 0 Å².